The number of hydrogen-bond donors (Lipinski definition) is 0. The van der Waals surface area contributed by atoms with Crippen LogP contribution in [0.15, 0.2) is 0 Å². The Morgan fingerprint density at radius 1 is 1.67 bits per heavy atom. The largest absolute Gasteiger partial charge is 0.466 e. The van der Waals surface area contributed by atoms with Crippen molar-refractivity contribution < 1.29 is 9.53 Å². The zero-order chi connectivity index (χ0) is 6.69. The summed E-state index contributed by atoms with van der Waals surface area (Å²) in [6, 6.07) is 0. The Hall–Kier alpha value is -0.0500. The first-order valence-electron chi connectivity index (χ1n) is 3.09. The Bertz CT molecular complexity index is 114. The van der Waals surface area contributed by atoms with Crippen LogP contribution in [0.1, 0.15) is 19.3 Å². The number of carbonyl (C=O) groups excluding carboxylic acids is 1. The fraction of sp³-hybridized carbons (Fsp3) is 0.833. The van der Waals surface area contributed by atoms with E-state index < -0.39 is 0 Å². The van der Waals surface area contributed by atoms with Crippen molar-refractivity contribution >= 4 is 21.9 Å². The highest BCUT2D eigenvalue weighted by Gasteiger charge is 2.14. The quantitative estimate of drug-likeness (QED) is 0.430. The second-order valence-corrected chi connectivity index (χ2v) is 3.46. The van der Waals surface area contributed by atoms with Crippen molar-refractivity contribution in [3.63, 3.8) is 0 Å². The zero-order valence-corrected chi connectivity index (χ0v) is 6.69. The third-order valence-corrected chi connectivity index (χ3v) is 2.09. The van der Waals surface area contributed by atoms with Gasteiger partial charge in [0.05, 0.1) is 13.0 Å². The van der Waals surface area contributed by atoms with Crippen LogP contribution in [0, 0.1) is 0 Å². The van der Waals surface area contributed by atoms with Crippen LogP contribution in [0.5, 0.6) is 0 Å². The van der Waals surface area contributed by atoms with Crippen molar-refractivity contribution in [1.82, 2.24) is 0 Å². The number of cyclic esters (lactones) is 1. The van der Waals surface area contributed by atoms with E-state index in [0.29, 0.717) is 17.9 Å². The molecular formula is C6H9BrO2. The molecule has 0 aromatic rings. The van der Waals surface area contributed by atoms with Crippen molar-refractivity contribution in [3.8, 4) is 0 Å². The molecule has 1 aliphatic rings. The molecule has 1 rings (SSSR count). The molecule has 0 aromatic carbocycles. The molecule has 0 amide bonds. The van der Waals surface area contributed by atoms with E-state index in [2.05, 4.69) is 15.9 Å². The molecule has 1 heterocycles. The van der Waals surface area contributed by atoms with Crippen LogP contribution < -0.4 is 0 Å². The normalized spacial score (nSPS) is 29.0. The van der Waals surface area contributed by atoms with Gasteiger partial charge in [-0.1, -0.05) is 15.9 Å². The van der Waals surface area contributed by atoms with E-state index in [9.17, 15) is 4.79 Å². The summed E-state index contributed by atoms with van der Waals surface area (Å²) < 4.78 is 4.80. The van der Waals surface area contributed by atoms with E-state index in [-0.39, 0.29) is 5.97 Å². The summed E-state index contributed by atoms with van der Waals surface area (Å²) in [6.45, 7) is 0.598. The first-order chi connectivity index (χ1) is 4.29. The molecular weight excluding hydrogens is 184 g/mol. The predicted molar refractivity (Wildman–Crippen MR) is 37.5 cm³/mol. The predicted octanol–water partition coefficient (Wildman–Crippen LogP) is 1.48. The van der Waals surface area contributed by atoms with E-state index in [1.54, 1.807) is 0 Å². The van der Waals surface area contributed by atoms with Gasteiger partial charge in [0.2, 0.25) is 0 Å². The Kier molecular flexibility index (Phi) is 2.51. The molecule has 0 bridgehead atoms. The third-order valence-electron chi connectivity index (χ3n) is 1.31. The van der Waals surface area contributed by atoms with Gasteiger partial charge in [0.1, 0.15) is 0 Å². The summed E-state index contributed by atoms with van der Waals surface area (Å²) in [4.78, 5) is 11.0. The summed E-state index contributed by atoms with van der Waals surface area (Å²) in [5.41, 5.74) is 0. The van der Waals surface area contributed by atoms with Gasteiger partial charge in [0, 0.05) is 4.83 Å². The second kappa shape index (κ2) is 3.20. The summed E-state index contributed by atoms with van der Waals surface area (Å²) in [5.74, 6) is -0.0747. The van der Waals surface area contributed by atoms with Crippen LogP contribution in [0.3, 0.4) is 0 Å². The molecule has 1 aliphatic heterocycles. The number of carbonyl (C=O) groups is 1. The van der Waals surface area contributed by atoms with E-state index in [1.807, 2.05) is 0 Å². The maximum absolute atomic E-state index is 10.6. The van der Waals surface area contributed by atoms with Gasteiger partial charge in [-0.15, -0.1) is 0 Å². The van der Waals surface area contributed by atoms with Crippen molar-refractivity contribution in [3.05, 3.63) is 0 Å². The molecule has 0 saturated carbocycles. The standard InChI is InChI=1S/C6H9BrO2/c7-5-2-1-3-9-6(8)4-5/h5H,1-4H2. The minimum Gasteiger partial charge on any atom is -0.466 e. The molecule has 2 nitrogen and oxygen atoms in total. The summed E-state index contributed by atoms with van der Waals surface area (Å²) >= 11 is 3.38. The number of hydrogen-bond acceptors (Lipinski definition) is 2. The molecule has 52 valence electrons. The van der Waals surface area contributed by atoms with Gasteiger partial charge >= 0.3 is 5.97 Å². The lowest BCUT2D eigenvalue weighted by Gasteiger charge is -1.98. The van der Waals surface area contributed by atoms with Crippen LogP contribution >= 0.6 is 15.9 Å². The highest BCUT2D eigenvalue weighted by molar-refractivity contribution is 9.09. The molecule has 1 saturated heterocycles. The lowest BCUT2D eigenvalue weighted by molar-refractivity contribution is -0.142. The van der Waals surface area contributed by atoms with Gasteiger partial charge in [-0.05, 0) is 12.8 Å². The Balaban J connectivity index is 2.37. The average molecular weight is 193 g/mol. The molecule has 0 aliphatic carbocycles. The highest BCUT2D eigenvalue weighted by atomic mass is 79.9. The Morgan fingerprint density at radius 2 is 2.44 bits per heavy atom. The number of esters is 1. The topological polar surface area (TPSA) is 26.3 Å². The van der Waals surface area contributed by atoms with Gasteiger partial charge < -0.3 is 4.74 Å². The van der Waals surface area contributed by atoms with Gasteiger partial charge in [-0.3, -0.25) is 4.79 Å². The van der Waals surface area contributed by atoms with Crippen LogP contribution in [-0.2, 0) is 9.53 Å². The summed E-state index contributed by atoms with van der Waals surface area (Å²) in [6.07, 6.45) is 2.56. The van der Waals surface area contributed by atoms with Gasteiger partial charge in [-0.25, -0.2) is 0 Å². The minimum atomic E-state index is -0.0747. The van der Waals surface area contributed by atoms with Crippen LogP contribution in [-0.4, -0.2) is 17.4 Å². The van der Waals surface area contributed by atoms with E-state index >= 15 is 0 Å². The molecule has 1 atom stereocenters. The smallest absolute Gasteiger partial charge is 0.306 e. The SMILES string of the molecule is O=C1CC(Br)CCCO1. The fourth-order valence-electron chi connectivity index (χ4n) is 0.833. The molecule has 1 fully saturated rings. The van der Waals surface area contributed by atoms with Crippen LogP contribution in [0.25, 0.3) is 0 Å². The van der Waals surface area contributed by atoms with Gasteiger partial charge in [-0.2, -0.15) is 0 Å². The molecule has 0 spiro atoms. The number of rotatable bonds is 0. The Morgan fingerprint density at radius 3 is 3.22 bits per heavy atom. The molecule has 0 radical (unpaired) electrons. The van der Waals surface area contributed by atoms with Crippen molar-refractivity contribution in [2.75, 3.05) is 6.61 Å². The first kappa shape index (κ1) is 7.06. The Labute approximate surface area is 62.7 Å². The van der Waals surface area contributed by atoms with Crippen molar-refractivity contribution in [2.24, 2.45) is 0 Å². The number of ether oxygens (including phenoxy) is 1. The maximum atomic E-state index is 10.6. The fourth-order valence-corrected chi connectivity index (χ4v) is 1.42. The summed E-state index contributed by atoms with van der Waals surface area (Å²) in [5, 5.41) is 0. The van der Waals surface area contributed by atoms with Crippen LogP contribution in [0.4, 0.5) is 0 Å². The molecule has 0 N–H and O–H groups in total. The lowest BCUT2D eigenvalue weighted by Crippen LogP contribution is -2.05. The van der Waals surface area contributed by atoms with Crippen LogP contribution in [0.2, 0.25) is 0 Å². The van der Waals surface area contributed by atoms with Crippen molar-refractivity contribution in [2.45, 2.75) is 24.1 Å². The van der Waals surface area contributed by atoms with Gasteiger partial charge in [0.15, 0.2) is 0 Å². The monoisotopic (exact) mass is 192 g/mol. The average Bonchev–Trinajstić information content (AvgIpc) is 1.93. The highest BCUT2D eigenvalue weighted by Crippen LogP contribution is 2.16. The van der Waals surface area contributed by atoms with Gasteiger partial charge in [0.25, 0.3) is 0 Å². The molecule has 3 heteroatoms. The first-order valence-corrected chi connectivity index (χ1v) is 4.00. The summed E-state index contributed by atoms with van der Waals surface area (Å²) in [7, 11) is 0. The molecule has 0 aromatic heterocycles. The minimum absolute atomic E-state index is 0.0747. The number of halogens is 1. The molecule has 1 unspecified atom stereocenters. The second-order valence-electron chi connectivity index (χ2n) is 2.16. The molecule has 9 heavy (non-hydrogen) atoms. The third kappa shape index (κ3) is 2.35. The maximum Gasteiger partial charge on any atom is 0.306 e. The van der Waals surface area contributed by atoms with E-state index in [4.69, 9.17) is 4.74 Å². The van der Waals surface area contributed by atoms with E-state index in [0.717, 1.165) is 12.8 Å². The lowest BCUT2D eigenvalue weighted by atomic mass is 10.2. The number of alkyl halides is 1. The van der Waals surface area contributed by atoms with Crippen molar-refractivity contribution in [1.29, 1.82) is 0 Å². The van der Waals surface area contributed by atoms with E-state index in [1.165, 1.54) is 0 Å². The zero-order valence-electron chi connectivity index (χ0n) is 5.10.